The highest BCUT2D eigenvalue weighted by Crippen LogP contribution is 2.31. The molecular weight excluding hydrogens is 374 g/mol. The summed E-state index contributed by atoms with van der Waals surface area (Å²) in [6.07, 6.45) is 3.99. The van der Waals surface area contributed by atoms with Gasteiger partial charge in [0.05, 0.1) is 18.3 Å². The molecule has 1 saturated heterocycles. The molecule has 8 heteroatoms. The number of nitrogens with zero attached hydrogens (tertiary/aromatic N) is 3. The minimum absolute atomic E-state index is 0.0313. The molecule has 0 radical (unpaired) electrons. The zero-order chi connectivity index (χ0) is 20.1. The molecule has 1 saturated carbocycles. The third kappa shape index (κ3) is 5.44. The monoisotopic (exact) mass is 407 g/mol. The Hall–Kier alpha value is -1.67. The van der Waals surface area contributed by atoms with Gasteiger partial charge in [0.25, 0.3) is 0 Å². The second-order valence-corrected chi connectivity index (χ2v) is 8.68. The fourth-order valence-corrected chi connectivity index (χ4v) is 4.54. The number of rotatable bonds is 8. The van der Waals surface area contributed by atoms with Crippen LogP contribution in [0.4, 0.5) is 0 Å². The van der Waals surface area contributed by atoms with Crippen molar-refractivity contribution in [3.63, 3.8) is 0 Å². The fourth-order valence-electron chi connectivity index (χ4n) is 3.58. The number of carbonyl (C=O) groups is 1. The van der Waals surface area contributed by atoms with E-state index in [0.29, 0.717) is 17.4 Å². The topological polar surface area (TPSA) is 78.9 Å². The lowest BCUT2D eigenvalue weighted by Gasteiger charge is -2.17. The Morgan fingerprint density at radius 3 is 2.86 bits per heavy atom. The molecule has 0 aromatic carbocycles. The van der Waals surface area contributed by atoms with Gasteiger partial charge >= 0.3 is 5.97 Å². The molecule has 2 aliphatic rings. The number of guanidine groups is 1. The molecule has 1 aromatic heterocycles. The number of aryl methyl sites for hydroxylation is 1. The Labute approximate surface area is 172 Å². The Morgan fingerprint density at radius 1 is 1.39 bits per heavy atom. The quantitative estimate of drug-likeness (QED) is 0.392. The van der Waals surface area contributed by atoms with Gasteiger partial charge in [-0.15, -0.1) is 11.3 Å². The van der Waals surface area contributed by atoms with Gasteiger partial charge in [-0.1, -0.05) is 0 Å². The second-order valence-electron chi connectivity index (χ2n) is 7.65. The number of ether oxygens (including phenoxy) is 1. The number of thiazole rings is 1. The predicted molar refractivity (Wildman–Crippen MR) is 113 cm³/mol. The van der Waals surface area contributed by atoms with Crippen molar-refractivity contribution >= 4 is 23.3 Å². The average Bonchev–Trinajstić information content (AvgIpc) is 3.27. The van der Waals surface area contributed by atoms with E-state index < -0.39 is 0 Å². The number of carbonyl (C=O) groups excluding carboxylic acids is 1. The molecule has 1 aliphatic heterocycles. The Bertz CT molecular complexity index is 701. The molecule has 0 amide bonds. The Kier molecular flexibility index (Phi) is 7.29. The number of likely N-dealkylation sites (tertiary alicyclic amines) is 1. The van der Waals surface area contributed by atoms with Crippen LogP contribution in [0.15, 0.2) is 4.99 Å². The largest absolute Gasteiger partial charge is 0.462 e. The SMILES string of the molecule is CCNC(=NCC1CCN(C2CC2)C1)NC(C)c1nc(C)c(C(=O)OCC)s1. The number of hydrogen-bond acceptors (Lipinski definition) is 6. The Balaban J connectivity index is 1.58. The van der Waals surface area contributed by atoms with Gasteiger partial charge in [-0.3, -0.25) is 4.99 Å². The van der Waals surface area contributed by atoms with Crippen molar-refractivity contribution in [2.24, 2.45) is 10.9 Å². The van der Waals surface area contributed by atoms with E-state index in [1.165, 1.54) is 43.7 Å². The van der Waals surface area contributed by atoms with Crippen LogP contribution in [0.3, 0.4) is 0 Å². The van der Waals surface area contributed by atoms with Crippen molar-refractivity contribution in [2.75, 3.05) is 32.8 Å². The lowest BCUT2D eigenvalue weighted by molar-refractivity contribution is 0.0531. The van der Waals surface area contributed by atoms with Crippen molar-refractivity contribution in [2.45, 2.75) is 59.0 Å². The van der Waals surface area contributed by atoms with Crippen LogP contribution >= 0.6 is 11.3 Å². The van der Waals surface area contributed by atoms with Crippen LogP contribution in [0.1, 0.15) is 66.4 Å². The molecule has 2 unspecified atom stereocenters. The summed E-state index contributed by atoms with van der Waals surface area (Å²) in [4.78, 5) is 24.6. The van der Waals surface area contributed by atoms with E-state index in [9.17, 15) is 4.79 Å². The van der Waals surface area contributed by atoms with Crippen LogP contribution in [0.2, 0.25) is 0 Å². The van der Waals surface area contributed by atoms with Gasteiger partial charge in [0.2, 0.25) is 0 Å². The molecule has 2 fully saturated rings. The van der Waals surface area contributed by atoms with Crippen molar-refractivity contribution in [3.05, 3.63) is 15.6 Å². The molecule has 1 aromatic rings. The van der Waals surface area contributed by atoms with Gasteiger partial charge in [0.1, 0.15) is 9.88 Å². The summed E-state index contributed by atoms with van der Waals surface area (Å²) in [5.41, 5.74) is 0.722. The van der Waals surface area contributed by atoms with Crippen molar-refractivity contribution in [1.29, 1.82) is 0 Å². The van der Waals surface area contributed by atoms with Gasteiger partial charge < -0.3 is 20.3 Å². The van der Waals surface area contributed by atoms with E-state index >= 15 is 0 Å². The molecule has 2 N–H and O–H groups in total. The van der Waals surface area contributed by atoms with E-state index in [2.05, 4.69) is 27.4 Å². The van der Waals surface area contributed by atoms with Crippen LogP contribution < -0.4 is 10.6 Å². The van der Waals surface area contributed by atoms with Gasteiger partial charge in [0, 0.05) is 25.7 Å². The first kappa shape index (κ1) is 21.0. The predicted octanol–water partition coefficient (Wildman–Crippen LogP) is 2.73. The van der Waals surface area contributed by atoms with E-state index in [1.807, 2.05) is 20.8 Å². The molecule has 0 spiro atoms. The fraction of sp³-hybridized carbons (Fsp3) is 0.750. The molecule has 7 nitrogen and oxygen atoms in total. The molecule has 0 bridgehead atoms. The van der Waals surface area contributed by atoms with Crippen molar-refractivity contribution in [3.8, 4) is 0 Å². The highest BCUT2D eigenvalue weighted by molar-refractivity contribution is 7.13. The third-order valence-electron chi connectivity index (χ3n) is 5.23. The summed E-state index contributed by atoms with van der Waals surface area (Å²) in [6, 6.07) is 0.818. The van der Waals surface area contributed by atoms with Gasteiger partial charge in [-0.2, -0.15) is 0 Å². The number of aliphatic imine (C=N–C) groups is 1. The van der Waals surface area contributed by atoms with E-state index in [-0.39, 0.29) is 12.0 Å². The third-order valence-corrected chi connectivity index (χ3v) is 6.55. The zero-order valence-corrected chi connectivity index (χ0v) is 18.3. The summed E-state index contributed by atoms with van der Waals surface area (Å²) in [7, 11) is 0. The Morgan fingerprint density at radius 2 is 2.18 bits per heavy atom. The normalized spacial score (nSPS) is 21.6. The summed E-state index contributed by atoms with van der Waals surface area (Å²) in [5, 5.41) is 7.63. The lowest BCUT2D eigenvalue weighted by Crippen LogP contribution is -2.39. The van der Waals surface area contributed by atoms with E-state index in [4.69, 9.17) is 9.73 Å². The first-order valence-corrected chi connectivity index (χ1v) is 11.3. The minimum atomic E-state index is -0.294. The molecule has 3 rings (SSSR count). The van der Waals surface area contributed by atoms with E-state index in [0.717, 1.165) is 35.8 Å². The van der Waals surface area contributed by atoms with Crippen LogP contribution in [0, 0.1) is 12.8 Å². The molecule has 2 atom stereocenters. The molecular formula is C20H33N5O2S. The standard InChI is InChI=1S/C20H33N5O2S/c1-5-21-20(22-11-15-9-10-25(12-15)16-7-8-16)24-14(4)18-23-13(3)17(28-18)19(26)27-6-2/h14-16H,5-12H2,1-4H3,(H2,21,22,24). The summed E-state index contributed by atoms with van der Waals surface area (Å²) >= 11 is 1.39. The highest BCUT2D eigenvalue weighted by Gasteiger charge is 2.34. The number of aromatic nitrogens is 1. The van der Waals surface area contributed by atoms with Crippen molar-refractivity contribution in [1.82, 2.24) is 20.5 Å². The maximum atomic E-state index is 12.0. The maximum absolute atomic E-state index is 12.0. The van der Waals surface area contributed by atoms with Crippen LogP contribution in [-0.2, 0) is 4.74 Å². The average molecular weight is 408 g/mol. The van der Waals surface area contributed by atoms with Gasteiger partial charge in [-0.05, 0) is 59.4 Å². The summed E-state index contributed by atoms with van der Waals surface area (Å²) < 4.78 is 5.12. The molecule has 156 valence electrons. The lowest BCUT2D eigenvalue weighted by atomic mass is 10.1. The smallest absolute Gasteiger partial charge is 0.350 e. The first-order valence-electron chi connectivity index (χ1n) is 10.4. The minimum Gasteiger partial charge on any atom is -0.462 e. The van der Waals surface area contributed by atoms with Crippen LogP contribution in [0.25, 0.3) is 0 Å². The number of nitrogens with one attached hydrogen (secondary N) is 2. The van der Waals surface area contributed by atoms with Gasteiger partial charge in [-0.25, -0.2) is 9.78 Å². The maximum Gasteiger partial charge on any atom is 0.350 e. The second kappa shape index (κ2) is 9.69. The molecule has 28 heavy (non-hydrogen) atoms. The molecule has 1 aliphatic carbocycles. The van der Waals surface area contributed by atoms with Crippen LogP contribution in [0.5, 0.6) is 0 Å². The van der Waals surface area contributed by atoms with Gasteiger partial charge in [0.15, 0.2) is 5.96 Å². The van der Waals surface area contributed by atoms with E-state index in [1.54, 1.807) is 0 Å². The van der Waals surface area contributed by atoms with Crippen LogP contribution in [-0.4, -0.2) is 60.6 Å². The first-order chi connectivity index (χ1) is 13.5. The number of hydrogen-bond donors (Lipinski definition) is 2. The zero-order valence-electron chi connectivity index (χ0n) is 17.5. The van der Waals surface area contributed by atoms with Crippen molar-refractivity contribution < 1.29 is 9.53 Å². The summed E-state index contributed by atoms with van der Waals surface area (Å²) in [5.74, 6) is 1.16. The summed E-state index contributed by atoms with van der Waals surface area (Å²) in [6.45, 7) is 12.2. The highest BCUT2D eigenvalue weighted by atomic mass is 32.1. The number of esters is 1. The molecule has 2 heterocycles.